The van der Waals surface area contributed by atoms with Crippen molar-refractivity contribution in [3.8, 4) is 0 Å². The highest BCUT2D eigenvalue weighted by molar-refractivity contribution is 5.75. The molecule has 0 atom stereocenters. The Balaban J connectivity index is 0.00000441. The molecule has 0 radical (unpaired) electrons. The molecule has 22 heavy (non-hydrogen) atoms. The summed E-state index contributed by atoms with van der Waals surface area (Å²) in [4.78, 5) is 28.5. The summed E-state index contributed by atoms with van der Waals surface area (Å²) in [5, 5.41) is 2.72. The average molecular weight is 332 g/mol. The van der Waals surface area contributed by atoms with Gasteiger partial charge in [-0.1, -0.05) is 12.2 Å². The van der Waals surface area contributed by atoms with Crippen molar-refractivity contribution in [3.63, 3.8) is 0 Å². The van der Waals surface area contributed by atoms with Crippen LogP contribution in [0.3, 0.4) is 0 Å². The lowest BCUT2D eigenvalue weighted by atomic mass is 10.5. The zero-order valence-corrected chi connectivity index (χ0v) is 13.1. The Hall–Kier alpha value is -1.49. The highest BCUT2D eigenvalue weighted by Gasteiger charge is 2.17. The zero-order valence-electron chi connectivity index (χ0n) is 13.1. The second-order valence-electron chi connectivity index (χ2n) is 3.91. The van der Waals surface area contributed by atoms with Gasteiger partial charge in [0.05, 0.1) is 19.8 Å². The van der Waals surface area contributed by atoms with Crippen LogP contribution in [0.15, 0.2) is 0 Å². The van der Waals surface area contributed by atoms with E-state index in [1.54, 1.807) is 5.06 Å². The predicted molar refractivity (Wildman–Crippen MR) is 90.6 cm³/mol. The fraction of sp³-hybridized carbons (Fsp3) is 0.750. The third-order valence-electron chi connectivity index (χ3n) is 2.22. The molecule has 0 aliphatic rings. The van der Waals surface area contributed by atoms with Crippen LogP contribution in [0.2, 0.25) is 0 Å². The highest BCUT2D eigenvalue weighted by atomic mass is 28.1. The number of hydroxylamine groups is 1. The molecule has 0 unspecified atom stereocenters. The number of anilines is 3. The second kappa shape index (κ2) is 11.1. The van der Waals surface area contributed by atoms with Gasteiger partial charge < -0.3 is 5.73 Å². The fourth-order valence-electron chi connectivity index (χ4n) is 1.53. The van der Waals surface area contributed by atoms with Crippen molar-refractivity contribution < 1.29 is 14.5 Å². The van der Waals surface area contributed by atoms with Crippen molar-refractivity contribution in [2.45, 2.75) is 34.1 Å². The van der Waals surface area contributed by atoms with Crippen LogP contribution in [-0.4, -0.2) is 52.3 Å². The molecule has 0 spiro atoms. The van der Waals surface area contributed by atoms with E-state index in [2.05, 4.69) is 15.0 Å². The summed E-state index contributed by atoms with van der Waals surface area (Å²) in [6.07, 6.45) is 0.877. The molecule has 1 rings (SSSR count). The predicted octanol–water partition coefficient (Wildman–Crippen LogP) is -0.120. The van der Waals surface area contributed by atoms with E-state index in [0.29, 0.717) is 32.3 Å². The number of nitrogens with zero attached hydrogens (tertiary/aromatic N) is 5. The van der Waals surface area contributed by atoms with Crippen LogP contribution in [0.25, 0.3) is 0 Å². The normalized spacial score (nSPS) is 10.2. The van der Waals surface area contributed by atoms with Gasteiger partial charge in [0.2, 0.25) is 5.95 Å². The largest absolute Gasteiger partial charge is 0.368 e. The van der Waals surface area contributed by atoms with E-state index in [1.807, 2.05) is 27.7 Å². The zero-order chi connectivity index (χ0) is 15.7. The molecule has 0 aliphatic carbocycles. The standard InChI is InChI=1S/C12H24N6O3.H4Si/c1-5-9-17(19-6-2)11-14-10(13)15-12(16-11)18(20-7-3)21-8-4;/h5-9H2,1-4H3,(H2,13,14,15,16);1H4. The molecule has 0 saturated heterocycles. The Morgan fingerprint density at radius 3 is 1.91 bits per heavy atom. The summed E-state index contributed by atoms with van der Waals surface area (Å²) in [5.74, 6) is 0.577. The molecule has 0 amide bonds. The van der Waals surface area contributed by atoms with Crippen molar-refractivity contribution in [3.05, 3.63) is 0 Å². The average Bonchev–Trinajstić information content (AvgIpc) is 2.46. The maximum absolute atomic E-state index is 5.74. The first-order valence-corrected chi connectivity index (χ1v) is 7.14. The van der Waals surface area contributed by atoms with E-state index in [4.69, 9.17) is 20.2 Å². The summed E-state index contributed by atoms with van der Waals surface area (Å²) < 4.78 is 0. The topological polar surface area (TPSA) is 98.9 Å². The van der Waals surface area contributed by atoms with Gasteiger partial charge in [-0.05, 0) is 38.2 Å². The van der Waals surface area contributed by atoms with Crippen LogP contribution in [0.5, 0.6) is 0 Å². The van der Waals surface area contributed by atoms with E-state index >= 15 is 0 Å². The molecule has 0 bridgehead atoms. The summed E-state index contributed by atoms with van der Waals surface area (Å²) in [7, 11) is 0. The third-order valence-corrected chi connectivity index (χ3v) is 2.22. The van der Waals surface area contributed by atoms with Gasteiger partial charge in [0.25, 0.3) is 11.9 Å². The quantitative estimate of drug-likeness (QED) is 0.464. The number of nitrogen functional groups attached to an aromatic ring is 1. The molecule has 0 saturated carbocycles. The van der Waals surface area contributed by atoms with E-state index in [9.17, 15) is 0 Å². The van der Waals surface area contributed by atoms with E-state index in [-0.39, 0.29) is 22.9 Å². The van der Waals surface area contributed by atoms with Crippen molar-refractivity contribution >= 4 is 28.8 Å². The molecule has 10 heteroatoms. The molecular weight excluding hydrogens is 304 g/mol. The van der Waals surface area contributed by atoms with Crippen molar-refractivity contribution in [2.75, 3.05) is 42.4 Å². The summed E-state index contributed by atoms with van der Waals surface area (Å²) in [6.45, 7) is 9.55. The van der Waals surface area contributed by atoms with Crippen LogP contribution in [-0.2, 0) is 14.5 Å². The second-order valence-corrected chi connectivity index (χ2v) is 3.91. The number of nitrogens with two attached hydrogens (primary N) is 1. The summed E-state index contributed by atoms with van der Waals surface area (Å²) >= 11 is 0. The van der Waals surface area contributed by atoms with Crippen LogP contribution in [0.4, 0.5) is 17.8 Å². The van der Waals surface area contributed by atoms with Gasteiger partial charge in [0.15, 0.2) is 0 Å². The molecule has 0 aliphatic heterocycles. The smallest absolute Gasteiger partial charge is 0.284 e. The summed E-state index contributed by atoms with van der Waals surface area (Å²) in [5.41, 5.74) is 5.74. The highest BCUT2D eigenvalue weighted by Crippen LogP contribution is 2.16. The van der Waals surface area contributed by atoms with E-state index in [0.717, 1.165) is 11.6 Å². The monoisotopic (exact) mass is 332 g/mol. The SMILES string of the molecule is CCCN(OCC)c1nc(N)nc(N(OCC)OCC)n1.[SiH4]. The molecule has 1 aromatic rings. The van der Waals surface area contributed by atoms with Crippen LogP contribution < -0.4 is 16.0 Å². The molecule has 9 nitrogen and oxygen atoms in total. The van der Waals surface area contributed by atoms with Gasteiger partial charge in [0.1, 0.15) is 0 Å². The molecule has 0 fully saturated rings. The van der Waals surface area contributed by atoms with Crippen LogP contribution >= 0.6 is 0 Å². The molecular formula is C12H28N6O3Si. The summed E-state index contributed by atoms with van der Waals surface area (Å²) in [6, 6.07) is 0. The Labute approximate surface area is 135 Å². The Morgan fingerprint density at radius 1 is 0.864 bits per heavy atom. The lowest BCUT2D eigenvalue weighted by Gasteiger charge is -2.23. The lowest BCUT2D eigenvalue weighted by Crippen LogP contribution is -2.30. The van der Waals surface area contributed by atoms with Gasteiger partial charge >= 0.3 is 0 Å². The maximum atomic E-state index is 5.74. The first kappa shape index (κ1) is 20.5. The minimum Gasteiger partial charge on any atom is -0.368 e. The first-order chi connectivity index (χ1) is 10.2. The van der Waals surface area contributed by atoms with Gasteiger partial charge in [-0.25, -0.2) is 14.7 Å². The van der Waals surface area contributed by atoms with E-state index in [1.165, 1.54) is 0 Å². The Bertz CT molecular complexity index is 380. The van der Waals surface area contributed by atoms with Gasteiger partial charge in [0, 0.05) is 6.54 Å². The molecule has 0 aromatic carbocycles. The van der Waals surface area contributed by atoms with Crippen LogP contribution in [0.1, 0.15) is 34.1 Å². The fourth-order valence-corrected chi connectivity index (χ4v) is 1.53. The van der Waals surface area contributed by atoms with Crippen molar-refractivity contribution in [1.29, 1.82) is 0 Å². The Morgan fingerprint density at radius 2 is 1.41 bits per heavy atom. The van der Waals surface area contributed by atoms with Crippen molar-refractivity contribution in [2.24, 2.45) is 0 Å². The van der Waals surface area contributed by atoms with Crippen molar-refractivity contribution in [1.82, 2.24) is 15.0 Å². The minimum atomic E-state index is 0. The molecule has 2 N–H and O–H groups in total. The Kier molecular flexibility index (Phi) is 10.4. The first-order valence-electron chi connectivity index (χ1n) is 7.14. The van der Waals surface area contributed by atoms with Crippen LogP contribution in [0, 0.1) is 0 Å². The number of rotatable bonds is 10. The van der Waals surface area contributed by atoms with Gasteiger partial charge in [-0.2, -0.15) is 15.0 Å². The molecule has 128 valence electrons. The maximum Gasteiger partial charge on any atom is 0.284 e. The molecule has 1 heterocycles. The third kappa shape index (κ3) is 6.09. The number of hydrogen-bond donors (Lipinski definition) is 1. The number of hydrogen-bond acceptors (Lipinski definition) is 9. The number of aromatic nitrogens is 3. The molecule has 1 aromatic heterocycles. The van der Waals surface area contributed by atoms with Gasteiger partial charge in [-0.3, -0.25) is 4.84 Å². The minimum absolute atomic E-state index is 0. The van der Waals surface area contributed by atoms with Gasteiger partial charge in [-0.15, -0.1) is 0 Å². The van der Waals surface area contributed by atoms with E-state index < -0.39 is 0 Å². The lowest BCUT2D eigenvalue weighted by molar-refractivity contribution is -0.0851.